The lowest BCUT2D eigenvalue weighted by Crippen LogP contribution is -2.56. The lowest BCUT2D eigenvalue weighted by molar-refractivity contribution is -0.154. The molecular weight excluding hydrogens is 444 g/mol. The van der Waals surface area contributed by atoms with Gasteiger partial charge < -0.3 is 24.8 Å². The number of halogens is 1. The highest BCUT2D eigenvalue weighted by Gasteiger charge is 2.76. The number of carbonyl (C=O) groups is 3. The van der Waals surface area contributed by atoms with Crippen LogP contribution < -0.4 is 5.32 Å². The summed E-state index contributed by atoms with van der Waals surface area (Å²) in [5.74, 6) is -2.31. The number of unbranched alkanes of at least 4 members (excludes halogenated alkanes) is 2. The van der Waals surface area contributed by atoms with E-state index in [0.717, 1.165) is 6.42 Å². The van der Waals surface area contributed by atoms with E-state index in [1.165, 1.54) is 0 Å². The van der Waals surface area contributed by atoms with Gasteiger partial charge in [-0.25, -0.2) is 0 Å². The lowest BCUT2D eigenvalue weighted by Gasteiger charge is -2.34. The maximum Gasteiger partial charge on any atom is 0.312 e. The largest absolute Gasteiger partial charge is 0.466 e. The summed E-state index contributed by atoms with van der Waals surface area (Å²) in [7, 11) is 0. The van der Waals surface area contributed by atoms with Crippen LogP contribution in [0.1, 0.15) is 46.5 Å². The normalized spacial score (nSPS) is 35.3. The van der Waals surface area contributed by atoms with Crippen molar-refractivity contribution in [2.24, 2.45) is 11.8 Å². The monoisotopic (exact) mass is 474 g/mol. The van der Waals surface area contributed by atoms with Crippen LogP contribution in [0.3, 0.4) is 0 Å². The number of fused-ring (bicyclic) bond motifs is 1. The topological polar surface area (TPSA) is 105 Å². The Hall–Kier alpha value is -1.19. The maximum atomic E-state index is 13.5. The van der Waals surface area contributed by atoms with Crippen molar-refractivity contribution in [3.05, 3.63) is 0 Å². The zero-order chi connectivity index (χ0) is 21.3. The van der Waals surface area contributed by atoms with Gasteiger partial charge in [0.05, 0.1) is 24.5 Å². The number of hydrogen-bond acceptors (Lipinski definition) is 6. The van der Waals surface area contributed by atoms with E-state index in [1.807, 2.05) is 13.8 Å². The molecule has 0 aliphatic carbocycles. The molecule has 3 saturated heterocycles. The average molecular weight is 475 g/mol. The number of hydrogen-bond donors (Lipinski definition) is 2. The van der Waals surface area contributed by atoms with E-state index in [9.17, 15) is 14.4 Å². The average Bonchev–Trinajstić information content (AvgIpc) is 3.22. The van der Waals surface area contributed by atoms with E-state index in [2.05, 4.69) is 21.2 Å². The first-order valence-electron chi connectivity index (χ1n) is 10.5. The summed E-state index contributed by atoms with van der Waals surface area (Å²) in [6, 6.07) is -0.857. The number of aliphatic hydroxyl groups excluding tert-OH is 1. The smallest absolute Gasteiger partial charge is 0.312 e. The van der Waals surface area contributed by atoms with E-state index in [-0.39, 0.29) is 35.9 Å². The van der Waals surface area contributed by atoms with Gasteiger partial charge >= 0.3 is 5.97 Å². The van der Waals surface area contributed by atoms with Crippen LogP contribution in [0, 0.1) is 11.8 Å². The molecule has 3 aliphatic heterocycles. The third-order valence-electron chi connectivity index (χ3n) is 6.08. The summed E-state index contributed by atoms with van der Waals surface area (Å²) >= 11 is 3.60. The fourth-order valence-corrected chi connectivity index (χ4v) is 6.06. The van der Waals surface area contributed by atoms with Crippen molar-refractivity contribution in [3.63, 3.8) is 0 Å². The molecule has 2 amide bonds. The Labute approximate surface area is 179 Å². The van der Waals surface area contributed by atoms with Gasteiger partial charge in [-0.05, 0) is 46.5 Å². The van der Waals surface area contributed by atoms with Crippen LogP contribution in [0.25, 0.3) is 0 Å². The van der Waals surface area contributed by atoms with Crippen LogP contribution in [0.5, 0.6) is 0 Å². The second-order valence-electron chi connectivity index (χ2n) is 8.39. The molecule has 0 aromatic carbocycles. The van der Waals surface area contributed by atoms with Gasteiger partial charge in [-0.1, -0.05) is 15.9 Å². The first-order valence-corrected chi connectivity index (χ1v) is 11.4. The molecule has 3 fully saturated rings. The summed E-state index contributed by atoms with van der Waals surface area (Å²) < 4.78 is 11.6. The van der Waals surface area contributed by atoms with Crippen molar-refractivity contribution >= 4 is 33.7 Å². The number of likely N-dealkylation sites (tertiary alicyclic amines) is 1. The number of aliphatic hydroxyl groups is 1. The van der Waals surface area contributed by atoms with Crippen LogP contribution in [0.15, 0.2) is 0 Å². The molecule has 3 unspecified atom stereocenters. The molecule has 0 aromatic heterocycles. The molecule has 164 valence electrons. The highest BCUT2D eigenvalue weighted by atomic mass is 79.9. The van der Waals surface area contributed by atoms with Crippen molar-refractivity contribution in [2.45, 2.75) is 75.1 Å². The molecule has 2 bridgehead atoms. The van der Waals surface area contributed by atoms with Gasteiger partial charge in [-0.2, -0.15) is 0 Å². The number of alkyl halides is 1. The Morgan fingerprint density at radius 3 is 2.72 bits per heavy atom. The van der Waals surface area contributed by atoms with Gasteiger partial charge in [0.2, 0.25) is 11.8 Å². The van der Waals surface area contributed by atoms with E-state index in [4.69, 9.17) is 14.6 Å². The summed E-state index contributed by atoms with van der Waals surface area (Å²) in [5, 5.41) is 11.9. The first kappa shape index (κ1) is 22.5. The number of nitrogens with one attached hydrogen (secondary N) is 1. The van der Waals surface area contributed by atoms with Crippen molar-refractivity contribution in [3.8, 4) is 0 Å². The molecule has 0 radical (unpaired) electrons. The zero-order valence-corrected chi connectivity index (χ0v) is 18.8. The molecule has 8 nitrogen and oxygen atoms in total. The van der Waals surface area contributed by atoms with Gasteiger partial charge in [-0.15, -0.1) is 0 Å². The quantitative estimate of drug-likeness (QED) is 0.293. The predicted molar refractivity (Wildman–Crippen MR) is 108 cm³/mol. The molecule has 29 heavy (non-hydrogen) atoms. The molecule has 2 N–H and O–H groups in total. The summed E-state index contributed by atoms with van der Waals surface area (Å²) in [5.41, 5.74) is -1.02. The third-order valence-corrected chi connectivity index (χ3v) is 6.93. The Balaban J connectivity index is 1.94. The third kappa shape index (κ3) is 3.81. The van der Waals surface area contributed by atoms with E-state index in [0.29, 0.717) is 25.8 Å². The first-order chi connectivity index (χ1) is 13.8. The highest BCUT2D eigenvalue weighted by molar-refractivity contribution is 9.09. The zero-order valence-electron chi connectivity index (χ0n) is 17.2. The van der Waals surface area contributed by atoms with Crippen molar-refractivity contribution < 1.29 is 29.0 Å². The molecule has 3 rings (SSSR count). The molecule has 0 aromatic rings. The fraction of sp³-hybridized carbons (Fsp3) is 0.850. The second kappa shape index (κ2) is 8.89. The van der Waals surface area contributed by atoms with Crippen molar-refractivity contribution in [2.75, 3.05) is 19.8 Å². The lowest BCUT2D eigenvalue weighted by atomic mass is 9.70. The van der Waals surface area contributed by atoms with Gasteiger partial charge in [0, 0.05) is 24.0 Å². The van der Waals surface area contributed by atoms with Crippen LogP contribution in [0.4, 0.5) is 0 Å². The summed E-state index contributed by atoms with van der Waals surface area (Å²) in [4.78, 5) is 40.8. The number of esters is 1. The minimum absolute atomic E-state index is 0.0801. The Morgan fingerprint density at radius 2 is 2.10 bits per heavy atom. The minimum Gasteiger partial charge on any atom is -0.466 e. The Morgan fingerprint density at radius 1 is 1.38 bits per heavy atom. The molecule has 0 saturated carbocycles. The maximum absolute atomic E-state index is 13.5. The number of nitrogens with zero attached hydrogens (tertiary/aromatic N) is 1. The molecule has 3 aliphatic rings. The Bertz CT molecular complexity index is 659. The number of rotatable bonds is 9. The number of amides is 2. The van der Waals surface area contributed by atoms with Crippen molar-refractivity contribution in [1.82, 2.24) is 10.2 Å². The number of ether oxygens (including phenoxy) is 2. The van der Waals surface area contributed by atoms with Gasteiger partial charge in [0.25, 0.3) is 0 Å². The van der Waals surface area contributed by atoms with E-state index < -0.39 is 35.6 Å². The van der Waals surface area contributed by atoms with E-state index in [1.54, 1.807) is 11.8 Å². The highest BCUT2D eigenvalue weighted by Crippen LogP contribution is 2.60. The molecule has 9 heteroatoms. The minimum atomic E-state index is -1.02. The molecule has 6 atom stereocenters. The van der Waals surface area contributed by atoms with Crippen LogP contribution in [-0.4, -0.2) is 76.2 Å². The fourth-order valence-electron chi connectivity index (χ4n) is 5.11. The molecular formula is C20H31BrN2O6. The van der Waals surface area contributed by atoms with Crippen molar-refractivity contribution in [1.29, 1.82) is 0 Å². The second-order valence-corrected chi connectivity index (χ2v) is 9.57. The van der Waals surface area contributed by atoms with Gasteiger partial charge in [0.1, 0.15) is 11.6 Å². The van der Waals surface area contributed by atoms with Gasteiger partial charge in [-0.3, -0.25) is 14.4 Å². The summed E-state index contributed by atoms with van der Waals surface area (Å²) in [6.45, 7) is 6.19. The van der Waals surface area contributed by atoms with Crippen LogP contribution >= 0.6 is 15.9 Å². The standard InChI is InChI=1S/C20H31BrN2O6/c1-4-28-19(27)13-14-18(26)23(8-6-5-7-9-24)16(17(25)22-11(2)3)20(14)10-12(21)15(13)29-20/h11-16,24H,4-10H2,1-3H3,(H,22,25)/t12?,13-,14-,15-,16?,20?/m0/s1. The van der Waals surface area contributed by atoms with Crippen LogP contribution in [0.2, 0.25) is 0 Å². The molecule has 3 heterocycles. The SMILES string of the molecule is CCOC(=O)[C@H]1[C@H]2C(=O)N(CCCCCO)C(C(=O)NC(C)C)C23CC(Br)[C@@H]1O3. The van der Waals surface area contributed by atoms with Crippen LogP contribution in [-0.2, 0) is 23.9 Å². The predicted octanol–water partition coefficient (Wildman–Crippen LogP) is 0.985. The summed E-state index contributed by atoms with van der Waals surface area (Å²) in [6.07, 6.45) is 2.09. The Kier molecular flexibility index (Phi) is 6.90. The molecule has 1 spiro atoms. The van der Waals surface area contributed by atoms with E-state index >= 15 is 0 Å². The number of carbonyl (C=O) groups excluding carboxylic acids is 3. The van der Waals surface area contributed by atoms with Gasteiger partial charge in [0.15, 0.2) is 0 Å².